The third kappa shape index (κ3) is 4.78. The maximum absolute atomic E-state index is 3.51. The van der Waals surface area contributed by atoms with Gasteiger partial charge >= 0.3 is 0 Å². The normalized spacial score (nSPS) is 10.4. The highest BCUT2D eigenvalue weighted by Crippen LogP contribution is 2.14. The molecule has 0 saturated carbocycles. The Hall–Kier alpha value is -1.76. The molecule has 0 atom stereocenters. The molecule has 19 heavy (non-hydrogen) atoms. The van der Waals surface area contributed by atoms with Gasteiger partial charge in [0.1, 0.15) is 0 Å². The van der Waals surface area contributed by atoms with Crippen LogP contribution in [-0.4, -0.2) is 6.54 Å². The second-order valence-corrected chi connectivity index (χ2v) is 5.25. The SMILES string of the molecule is Cc1cc(C)cc(NCCCCc2ccccc2)c1. The zero-order valence-corrected chi connectivity index (χ0v) is 11.9. The average Bonchev–Trinajstić information content (AvgIpc) is 2.38. The summed E-state index contributed by atoms with van der Waals surface area (Å²) in [6, 6.07) is 17.3. The average molecular weight is 253 g/mol. The quantitative estimate of drug-likeness (QED) is 0.733. The molecule has 0 aliphatic heterocycles. The van der Waals surface area contributed by atoms with Gasteiger partial charge in [0.15, 0.2) is 0 Å². The van der Waals surface area contributed by atoms with Gasteiger partial charge in [-0.1, -0.05) is 36.4 Å². The lowest BCUT2D eigenvalue weighted by Crippen LogP contribution is -2.02. The Balaban J connectivity index is 1.69. The monoisotopic (exact) mass is 253 g/mol. The van der Waals surface area contributed by atoms with Gasteiger partial charge in [0.05, 0.1) is 0 Å². The Morgan fingerprint density at radius 2 is 1.53 bits per heavy atom. The van der Waals surface area contributed by atoms with Crippen molar-refractivity contribution in [3.8, 4) is 0 Å². The zero-order chi connectivity index (χ0) is 13.5. The van der Waals surface area contributed by atoms with E-state index in [1.807, 2.05) is 0 Å². The van der Waals surface area contributed by atoms with Crippen molar-refractivity contribution in [2.75, 3.05) is 11.9 Å². The van der Waals surface area contributed by atoms with Gasteiger partial charge in [0.2, 0.25) is 0 Å². The number of rotatable bonds is 6. The lowest BCUT2D eigenvalue weighted by molar-refractivity contribution is 0.763. The van der Waals surface area contributed by atoms with E-state index < -0.39 is 0 Å². The molecule has 0 unspecified atom stereocenters. The van der Waals surface area contributed by atoms with E-state index in [1.165, 1.54) is 41.6 Å². The summed E-state index contributed by atoms with van der Waals surface area (Å²) in [6.45, 7) is 5.34. The molecule has 0 amide bonds. The van der Waals surface area contributed by atoms with Gasteiger partial charge in [-0.15, -0.1) is 0 Å². The summed E-state index contributed by atoms with van der Waals surface area (Å²) in [7, 11) is 0. The van der Waals surface area contributed by atoms with Gasteiger partial charge in [-0.05, 0) is 61.9 Å². The standard InChI is InChI=1S/C18H23N/c1-15-12-16(2)14-18(13-15)19-11-7-6-10-17-8-4-3-5-9-17/h3-5,8-9,12-14,19H,6-7,10-11H2,1-2H3. The molecule has 2 rings (SSSR count). The van der Waals surface area contributed by atoms with E-state index in [4.69, 9.17) is 0 Å². The van der Waals surface area contributed by atoms with Gasteiger partial charge in [-0.3, -0.25) is 0 Å². The van der Waals surface area contributed by atoms with Crippen molar-refractivity contribution in [2.24, 2.45) is 0 Å². The highest BCUT2D eigenvalue weighted by atomic mass is 14.9. The maximum Gasteiger partial charge on any atom is 0.0345 e. The highest BCUT2D eigenvalue weighted by molar-refractivity contribution is 5.48. The molecule has 1 N–H and O–H groups in total. The minimum Gasteiger partial charge on any atom is -0.385 e. The molecule has 0 aliphatic rings. The van der Waals surface area contributed by atoms with Crippen LogP contribution in [0.2, 0.25) is 0 Å². The molecule has 0 aliphatic carbocycles. The zero-order valence-electron chi connectivity index (χ0n) is 11.9. The fraction of sp³-hybridized carbons (Fsp3) is 0.333. The van der Waals surface area contributed by atoms with Crippen LogP contribution < -0.4 is 5.32 Å². The van der Waals surface area contributed by atoms with Crippen molar-refractivity contribution >= 4 is 5.69 Å². The number of aryl methyl sites for hydroxylation is 3. The van der Waals surface area contributed by atoms with Gasteiger partial charge in [0, 0.05) is 12.2 Å². The summed E-state index contributed by atoms with van der Waals surface area (Å²) in [5.41, 5.74) is 5.34. The fourth-order valence-electron chi connectivity index (χ4n) is 2.41. The Labute approximate surface area is 116 Å². The van der Waals surface area contributed by atoms with Crippen molar-refractivity contribution in [1.82, 2.24) is 0 Å². The van der Waals surface area contributed by atoms with E-state index in [0.29, 0.717) is 0 Å². The summed E-state index contributed by atoms with van der Waals surface area (Å²) >= 11 is 0. The van der Waals surface area contributed by atoms with Crippen LogP contribution in [-0.2, 0) is 6.42 Å². The summed E-state index contributed by atoms with van der Waals surface area (Å²) in [5.74, 6) is 0. The third-order valence-corrected chi connectivity index (χ3v) is 3.29. The second-order valence-electron chi connectivity index (χ2n) is 5.25. The first-order chi connectivity index (χ1) is 9.24. The first-order valence-electron chi connectivity index (χ1n) is 7.10. The smallest absolute Gasteiger partial charge is 0.0345 e. The van der Waals surface area contributed by atoms with E-state index >= 15 is 0 Å². The number of hydrogen-bond acceptors (Lipinski definition) is 1. The summed E-state index contributed by atoms with van der Waals surface area (Å²) in [5, 5.41) is 3.51. The van der Waals surface area contributed by atoms with Crippen LogP contribution in [0.25, 0.3) is 0 Å². The Morgan fingerprint density at radius 1 is 0.842 bits per heavy atom. The highest BCUT2D eigenvalue weighted by Gasteiger charge is 1.96. The number of benzene rings is 2. The first-order valence-corrected chi connectivity index (χ1v) is 7.10. The molecular weight excluding hydrogens is 230 g/mol. The molecule has 100 valence electrons. The molecular formula is C18H23N. The van der Waals surface area contributed by atoms with E-state index in [2.05, 4.69) is 67.7 Å². The molecule has 0 spiro atoms. The van der Waals surface area contributed by atoms with Gasteiger partial charge in [-0.25, -0.2) is 0 Å². The minimum atomic E-state index is 1.05. The molecule has 0 heterocycles. The molecule has 0 fully saturated rings. The van der Waals surface area contributed by atoms with Crippen LogP contribution in [0.15, 0.2) is 48.5 Å². The van der Waals surface area contributed by atoms with Crippen LogP contribution >= 0.6 is 0 Å². The Morgan fingerprint density at radius 3 is 2.21 bits per heavy atom. The fourth-order valence-corrected chi connectivity index (χ4v) is 2.41. The van der Waals surface area contributed by atoms with E-state index in [1.54, 1.807) is 0 Å². The molecule has 0 radical (unpaired) electrons. The lowest BCUT2D eigenvalue weighted by Gasteiger charge is -2.08. The maximum atomic E-state index is 3.51. The van der Waals surface area contributed by atoms with Gasteiger partial charge in [0.25, 0.3) is 0 Å². The van der Waals surface area contributed by atoms with E-state index in [-0.39, 0.29) is 0 Å². The van der Waals surface area contributed by atoms with Gasteiger partial charge < -0.3 is 5.32 Å². The van der Waals surface area contributed by atoms with Gasteiger partial charge in [-0.2, -0.15) is 0 Å². The van der Waals surface area contributed by atoms with Crippen molar-refractivity contribution in [2.45, 2.75) is 33.1 Å². The Bertz CT molecular complexity index is 482. The molecule has 1 heteroatoms. The Kier molecular flexibility index (Phi) is 5.02. The molecule has 2 aromatic carbocycles. The third-order valence-electron chi connectivity index (χ3n) is 3.29. The predicted octanol–water partition coefficient (Wildman–Crippen LogP) is 4.74. The van der Waals surface area contributed by atoms with Crippen LogP contribution in [0.3, 0.4) is 0 Å². The largest absolute Gasteiger partial charge is 0.385 e. The van der Waals surface area contributed by atoms with Crippen molar-refractivity contribution in [3.63, 3.8) is 0 Å². The predicted molar refractivity (Wildman–Crippen MR) is 83.8 cm³/mol. The second kappa shape index (κ2) is 6.98. The van der Waals surface area contributed by atoms with Crippen molar-refractivity contribution in [1.29, 1.82) is 0 Å². The van der Waals surface area contributed by atoms with Crippen LogP contribution in [0.5, 0.6) is 0 Å². The summed E-state index contributed by atoms with van der Waals surface area (Å²) < 4.78 is 0. The van der Waals surface area contributed by atoms with Crippen LogP contribution in [0.1, 0.15) is 29.5 Å². The topological polar surface area (TPSA) is 12.0 Å². The van der Waals surface area contributed by atoms with Crippen LogP contribution in [0.4, 0.5) is 5.69 Å². The summed E-state index contributed by atoms with van der Waals surface area (Å²) in [6.07, 6.45) is 3.62. The van der Waals surface area contributed by atoms with Crippen molar-refractivity contribution < 1.29 is 0 Å². The molecule has 0 saturated heterocycles. The molecule has 1 nitrogen and oxygen atoms in total. The molecule has 0 bridgehead atoms. The summed E-state index contributed by atoms with van der Waals surface area (Å²) in [4.78, 5) is 0. The first kappa shape index (κ1) is 13.7. The molecule has 2 aromatic rings. The minimum absolute atomic E-state index is 1.05. The van der Waals surface area contributed by atoms with E-state index in [9.17, 15) is 0 Å². The number of unbranched alkanes of at least 4 members (excludes halogenated alkanes) is 1. The molecule has 0 aromatic heterocycles. The number of anilines is 1. The van der Waals surface area contributed by atoms with E-state index in [0.717, 1.165) is 6.54 Å². The van der Waals surface area contributed by atoms with Crippen molar-refractivity contribution in [3.05, 3.63) is 65.2 Å². The van der Waals surface area contributed by atoms with Crippen LogP contribution in [0, 0.1) is 13.8 Å². The number of hydrogen-bond donors (Lipinski definition) is 1. The number of nitrogens with one attached hydrogen (secondary N) is 1. The lowest BCUT2D eigenvalue weighted by atomic mass is 10.1.